The molecule has 0 spiro atoms. The van der Waals surface area contributed by atoms with Crippen molar-refractivity contribution in [3.63, 3.8) is 0 Å². The Morgan fingerprint density at radius 1 is 1.58 bits per heavy atom. The van der Waals surface area contributed by atoms with E-state index >= 15 is 0 Å². The average molecular weight is 267 g/mol. The van der Waals surface area contributed by atoms with Crippen LogP contribution in [0.15, 0.2) is 0 Å². The van der Waals surface area contributed by atoms with E-state index in [1.54, 1.807) is 0 Å². The Kier molecular flexibility index (Phi) is 4.42. The van der Waals surface area contributed by atoms with Crippen molar-refractivity contribution in [2.75, 3.05) is 13.2 Å². The van der Waals surface area contributed by atoms with E-state index in [1.807, 2.05) is 6.92 Å². The molecule has 1 aromatic heterocycles. The number of hydrogen-bond acceptors (Lipinski definition) is 4. The Balaban J connectivity index is 1.86. The molecule has 19 heavy (non-hydrogen) atoms. The smallest absolute Gasteiger partial charge is 0.342 e. The summed E-state index contributed by atoms with van der Waals surface area (Å²) in [7, 11) is 0. The van der Waals surface area contributed by atoms with Crippen molar-refractivity contribution in [2.45, 2.75) is 45.6 Å². The molecule has 1 aliphatic heterocycles. The molecular formula is C13H21N3O3. The van der Waals surface area contributed by atoms with E-state index in [-0.39, 0.29) is 6.10 Å². The summed E-state index contributed by atoms with van der Waals surface area (Å²) >= 11 is 0. The van der Waals surface area contributed by atoms with Gasteiger partial charge in [-0.05, 0) is 13.3 Å². The minimum Gasteiger partial charge on any atom is -0.471 e. The van der Waals surface area contributed by atoms with Crippen molar-refractivity contribution in [2.24, 2.45) is 5.73 Å². The molecule has 1 unspecified atom stereocenters. The first kappa shape index (κ1) is 13.9. The summed E-state index contributed by atoms with van der Waals surface area (Å²) in [5, 5.41) is 4.06. The third-order valence-electron chi connectivity index (χ3n) is 3.25. The first-order chi connectivity index (χ1) is 9.13. The van der Waals surface area contributed by atoms with Gasteiger partial charge in [0.1, 0.15) is 6.10 Å². The summed E-state index contributed by atoms with van der Waals surface area (Å²) < 4.78 is 12.4. The van der Waals surface area contributed by atoms with Gasteiger partial charge in [0.2, 0.25) is 5.88 Å². The highest BCUT2D eigenvalue weighted by atomic mass is 16.5. The number of amides is 1. The summed E-state index contributed by atoms with van der Waals surface area (Å²) in [5.74, 6) is 0.479. The highest BCUT2D eigenvalue weighted by Crippen LogP contribution is 2.31. The Bertz CT molecular complexity index is 456. The van der Waals surface area contributed by atoms with Crippen LogP contribution in [0.2, 0.25) is 0 Å². The summed E-state index contributed by atoms with van der Waals surface area (Å²) in [5.41, 5.74) is 7.00. The number of carbonyl (C=O) groups is 1. The second kappa shape index (κ2) is 6.06. The lowest BCUT2D eigenvalue weighted by Gasteiger charge is -2.12. The van der Waals surface area contributed by atoms with Crippen LogP contribution in [0, 0.1) is 6.92 Å². The van der Waals surface area contributed by atoms with Gasteiger partial charge in [-0.15, -0.1) is 4.68 Å². The molecule has 1 atom stereocenters. The molecule has 1 aliphatic rings. The van der Waals surface area contributed by atoms with E-state index < -0.39 is 6.03 Å². The van der Waals surface area contributed by atoms with Crippen molar-refractivity contribution >= 4 is 6.03 Å². The molecule has 2 N–H and O–H groups in total. The summed E-state index contributed by atoms with van der Waals surface area (Å²) in [6, 6.07) is -0.617. The maximum atomic E-state index is 11.2. The number of aryl methyl sites for hydroxylation is 1. The average Bonchev–Trinajstić information content (AvgIpc) is 2.90. The standard InChI is InChI=1S/C13H21N3O3/c1-3-4-5-6-18-8-10-7-11-9(2)15-16(13(14)17)12(11)19-10/h10H,3-8H2,1-2H3,(H2,14,17). The number of aromatic nitrogens is 2. The van der Waals surface area contributed by atoms with Crippen molar-refractivity contribution in [3.8, 4) is 5.88 Å². The summed E-state index contributed by atoms with van der Waals surface area (Å²) in [6.45, 7) is 5.31. The zero-order valence-corrected chi connectivity index (χ0v) is 11.5. The number of carbonyl (C=O) groups excluding carboxylic acids is 1. The van der Waals surface area contributed by atoms with Crippen molar-refractivity contribution in [1.82, 2.24) is 9.78 Å². The van der Waals surface area contributed by atoms with Crippen LogP contribution >= 0.6 is 0 Å². The Morgan fingerprint density at radius 3 is 3.05 bits per heavy atom. The van der Waals surface area contributed by atoms with Gasteiger partial charge in [-0.3, -0.25) is 0 Å². The van der Waals surface area contributed by atoms with E-state index in [0.717, 1.165) is 35.4 Å². The fourth-order valence-corrected chi connectivity index (χ4v) is 2.23. The van der Waals surface area contributed by atoms with Gasteiger partial charge in [0, 0.05) is 18.6 Å². The van der Waals surface area contributed by atoms with Gasteiger partial charge in [0.25, 0.3) is 0 Å². The third-order valence-corrected chi connectivity index (χ3v) is 3.25. The molecule has 6 nitrogen and oxygen atoms in total. The molecule has 0 saturated heterocycles. The molecule has 6 heteroatoms. The van der Waals surface area contributed by atoms with Crippen LogP contribution < -0.4 is 10.5 Å². The Hall–Kier alpha value is -1.56. The normalized spacial score (nSPS) is 17.3. The minimum absolute atomic E-state index is 0.0427. The molecule has 0 fully saturated rings. The number of nitrogens with zero attached hydrogens (tertiary/aromatic N) is 2. The predicted molar refractivity (Wildman–Crippen MR) is 70.4 cm³/mol. The van der Waals surface area contributed by atoms with E-state index in [2.05, 4.69) is 12.0 Å². The zero-order valence-electron chi connectivity index (χ0n) is 11.5. The molecule has 0 bridgehead atoms. The molecule has 106 valence electrons. The van der Waals surface area contributed by atoms with Crippen molar-refractivity contribution in [1.29, 1.82) is 0 Å². The Morgan fingerprint density at radius 2 is 2.37 bits per heavy atom. The van der Waals surface area contributed by atoms with Crippen LogP contribution in [0.4, 0.5) is 4.79 Å². The monoisotopic (exact) mass is 267 g/mol. The third kappa shape index (κ3) is 3.07. The van der Waals surface area contributed by atoms with Crippen LogP contribution in [0.5, 0.6) is 5.88 Å². The van der Waals surface area contributed by atoms with Crippen LogP contribution in [0.1, 0.15) is 37.4 Å². The summed E-state index contributed by atoms with van der Waals surface area (Å²) in [6.07, 6.45) is 4.12. The van der Waals surface area contributed by atoms with Gasteiger partial charge in [-0.25, -0.2) is 4.79 Å². The fraction of sp³-hybridized carbons (Fsp3) is 0.692. The maximum Gasteiger partial charge on any atom is 0.342 e. The topological polar surface area (TPSA) is 79.4 Å². The van der Waals surface area contributed by atoms with Crippen LogP contribution in [-0.2, 0) is 11.2 Å². The first-order valence-corrected chi connectivity index (χ1v) is 6.76. The second-order valence-electron chi connectivity index (χ2n) is 4.85. The number of fused-ring (bicyclic) bond motifs is 1. The van der Waals surface area contributed by atoms with Crippen molar-refractivity contribution < 1.29 is 14.3 Å². The lowest BCUT2D eigenvalue weighted by Crippen LogP contribution is -2.25. The lowest BCUT2D eigenvalue weighted by atomic mass is 10.1. The number of ether oxygens (including phenoxy) is 2. The molecule has 0 aliphatic carbocycles. The molecule has 0 saturated carbocycles. The van der Waals surface area contributed by atoms with E-state index in [0.29, 0.717) is 12.5 Å². The minimum atomic E-state index is -0.617. The van der Waals surface area contributed by atoms with Crippen LogP contribution in [0.25, 0.3) is 0 Å². The lowest BCUT2D eigenvalue weighted by molar-refractivity contribution is 0.0553. The number of nitrogens with two attached hydrogens (primary N) is 1. The number of hydrogen-bond donors (Lipinski definition) is 1. The largest absolute Gasteiger partial charge is 0.471 e. The molecule has 1 amide bonds. The van der Waals surface area contributed by atoms with E-state index in [1.165, 1.54) is 12.8 Å². The quantitative estimate of drug-likeness (QED) is 0.794. The second-order valence-corrected chi connectivity index (χ2v) is 4.85. The molecule has 2 rings (SSSR count). The molecule has 2 heterocycles. The molecular weight excluding hydrogens is 246 g/mol. The number of unbranched alkanes of at least 4 members (excludes halogenated alkanes) is 2. The molecule has 0 radical (unpaired) electrons. The van der Waals surface area contributed by atoms with Gasteiger partial charge >= 0.3 is 6.03 Å². The highest BCUT2D eigenvalue weighted by molar-refractivity contribution is 5.76. The van der Waals surface area contributed by atoms with Gasteiger partial charge in [-0.2, -0.15) is 5.10 Å². The van der Waals surface area contributed by atoms with E-state index in [4.69, 9.17) is 15.2 Å². The SMILES string of the molecule is CCCCCOCC1Cc2c(C)nn(C(N)=O)c2O1. The molecule has 0 aromatic carbocycles. The first-order valence-electron chi connectivity index (χ1n) is 6.76. The Labute approximate surface area is 112 Å². The summed E-state index contributed by atoms with van der Waals surface area (Å²) in [4.78, 5) is 11.2. The molecule has 1 aromatic rings. The van der Waals surface area contributed by atoms with Crippen LogP contribution in [-0.4, -0.2) is 35.1 Å². The number of rotatable bonds is 6. The van der Waals surface area contributed by atoms with Crippen LogP contribution in [0.3, 0.4) is 0 Å². The van der Waals surface area contributed by atoms with Gasteiger partial charge < -0.3 is 15.2 Å². The van der Waals surface area contributed by atoms with Gasteiger partial charge in [0.15, 0.2) is 0 Å². The van der Waals surface area contributed by atoms with Gasteiger partial charge in [0.05, 0.1) is 12.3 Å². The predicted octanol–water partition coefficient (Wildman–Crippen LogP) is 1.63. The maximum absolute atomic E-state index is 11.2. The zero-order chi connectivity index (χ0) is 13.8. The number of primary amides is 1. The fourth-order valence-electron chi connectivity index (χ4n) is 2.23. The van der Waals surface area contributed by atoms with Gasteiger partial charge in [-0.1, -0.05) is 19.8 Å². The van der Waals surface area contributed by atoms with E-state index in [9.17, 15) is 4.79 Å². The highest BCUT2D eigenvalue weighted by Gasteiger charge is 2.31. The van der Waals surface area contributed by atoms with Crippen molar-refractivity contribution in [3.05, 3.63) is 11.3 Å².